The number of anilines is 2. The van der Waals surface area contributed by atoms with Gasteiger partial charge in [0.05, 0.1) is 20.9 Å². The minimum atomic E-state index is 0.579. The van der Waals surface area contributed by atoms with Crippen LogP contribution >= 0.6 is 34.5 Å². The van der Waals surface area contributed by atoms with Gasteiger partial charge in [0.15, 0.2) is 5.82 Å². The van der Waals surface area contributed by atoms with E-state index in [-0.39, 0.29) is 0 Å². The minimum absolute atomic E-state index is 0.579. The van der Waals surface area contributed by atoms with Crippen LogP contribution in [0.1, 0.15) is 0 Å². The Bertz CT molecular complexity index is 999. The number of pyridine rings is 1. The van der Waals surface area contributed by atoms with Crippen molar-refractivity contribution in [3.63, 3.8) is 0 Å². The second-order valence-corrected chi connectivity index (χ2v) is 6.45. The van der Waals surface area contributed by atoms with E-state index in [1.54, 1.807) is 35.7 Å². The number of thiophene rings is 1. The van der Waals surface area contributed by atoms with Gasteiger partial charge in [0.25, 0.3) is 0 Å². The van der Waals surface area contributed by atoms with E-state index in [0.29, 0.717) is 21.6 Å². The summed E-state index contributed by atoms with van der Waals surface area (Å²) in [6.45, 7) is 0. The van der Waals surface area contributed by atoms with E-state index < -0.39 is 0 Å². The maximum absolute atomic E-state index is 6.20. The van der Waals surface area contributed by atoms with Gasteiger partial charge in [-0.3, -0.25) is 0 Å². The molecule has 22 heavy (non-hydrogen) atoms. The van der Waals surface area contributed by atoms with Crippen molar-refractivity contribution >= 4 is 66.5 Å². The Morgan fingerprint density at radius 1 is 1.05 bits per heavy atom. The molecule has 0 bridgehead atoms. The quantitative estimate of drug-likeness (QED) is 0.535. The Morgan fingerprint density at radius 3 is 2.86 bits per heavy atom. The van der Waals surface area contributed by atoms with Crippen molar-refractivity contribution in [2.75, 3.05) is 5.32 Å². The Labute approximate surface area is 139 Å². The first kappa shape index (κ1) is 13.7. The molecule has 1 N–H and O–H groups in total. The van der Waals surface area contributed by atoms with E-state index in [1.165, 1.54) is 6.33 Å². The molecule has 0 aliphatic carbocycles. The Morgan fingerprint density at radius 2 is 1.95 bits per heavy atom. The highest BCUT2D eigenvalue weighted by Crippen LogP contribution is 2.36. The molecule has 3 aromatic heterocycles. The largest absolute Gasteiger partial charge is 0.338 e. The molecule has 108 valence electrons. The van der Waals surface area contributed by atoms with Crippen LogP contribution in [0.2, 0.25) is 10.0 Å². The number of nitrogens with one attached hydrogen (secondary N) is 1. The van der Waals surface area contributed by atoms with Crippen LogP contribution < -0.4 is 5.32 Å². The summed E-state index contributed by atoms with van der Waals surface area (Å²) in [6.07, 6.45) is 3.30. The van der Waals surface area contributed by atoms with Gasteiger partial charge in [0.1, 0.15) is 11.2 Å². The van der Waals surface area contributed by atoms with Crippen LogP contribution in [-0.2, 0) is 0 Å². The Kier molecular flexibility index (Phi) is 3.33. The van der Waals surface area contributed by atoms with E-state index in [4.69, 9.17) is 23.2 Å². The first-order chi connectivity index (χ1) is 10.7. The highest BCUT2D eigenvalue weighted by Gasteiger charge is 2.13. The molecular weight excluding hydrogens is 339 g/mol. The maximum atomic E-state index is 6.20. The van der Waals surface area contributed by atoms with E-state index in [0.717, 1.165) is 20.4 Å². The summed E-state index contributed by atoms with van der Waals surface area (Å²) in [6, 6.07) is 9.16. The molecule has 4 aromatic rings. The summed E-state index contributed by atoms with van der Waals surface area (Å²) >= 11 is 13.8. The molecule has 0 saturated carbocycles. The number of fused-ring (bicyclic) bond motifs is 3. The fourth-order valence-electron chi connectivity index (χ4n) is 2.22. The number of rotatable bonds is 2. The van der Waals surface area contributed by atoms with E-state index in [1.807, 2.05) is 12.1 Å². The molecule has 7 heteroatoms. The van der Waals surface area contributed by atoms with Gasteiger partial charge in [-0.2, -0.15) is 0 Å². The molecule has 0 atom stereocenters. The molecule has 0 amide bonds. The van der Waals surface area contributed by atoms with Crippen LogP contribution in [0.3, 0.4) is 0 Å². The smallest absolute Gasteiger partial charge is 0.151 e. The topological polar surface area (TPSA) is 50.7 Å². The van der Waals surface area contributed by atoms with Crippen molar-refractivity contribution in [2.45, 2.75) is 0 Å². The molecule has 0 saturated heterocycles. The normalized spacial score (nSPS) is 11.2. The summed E-state index contributed by atoms with van der Waals surface area (Å²) < 4.78 is 0.937. The van der Waals surface area contributed by atoms with Crippen molar-refractivity contribution in [2.24, 2.45) is 0 Å². The third-order valence-corrected chi connectivity index (χ3v) is 4.88. The zero-order valence-corrected chi connectivity index (χ0v) is 13.4. The third-order valence-electron chi connectivity index (χ3n) is 3.21. The first-order valence-corrected chi connectivity index (χ1v) is 8.00. The van der Waals surface area contributed by atoms with Crippen LogP contribution in [0.25, 0.3) is 20.4 Å². The lowest BCUT2D eigenvalue weighted by molar-refractivity contribution is 1.23. The van der Waals surface area contributed by atoms with Gasteiger partial charge in [-0.25, -0.2) is 15.0 Å². The summed E-state index contributed by atoms with van der Waals surface area (Å²) in [7, 11) is 0. The standard InChI is InChI=1S/C15H8Cl2N4S/c16-8-3-4-10(17)11(6-8)21-14-13-12(19-7-20-14)9-2-1-5-18-15(9)22-13/h1-7H,(H,19,20,21). The predicted octanol–water partition coefficient (Wildman–Crippen LogP) is 5.29. The number of benzene rings is 1. The van der Waals surface area contributed by atoms with E-state index in [2.05, 4.69) is 20.3 Å². The second-order valence-electron chi connectivity index (χ2n) is 4.61. The van der Waals surface area contributed by atoms with Gasteiger partial charge in [0.2, 0.25) is 0 Å². The summed E-state index contributed by atoms with van der Waals surface area (Å²) in [4.78, 5) is 14.0. The van der Waals surface area contributed by atoms with Gasteiger partial charge >= 0.3 is 0 Å². The van der Waals surface area contributed by atoms with Gasteiger partial charge in [0, 0.05) is 16.6 Å². The molecule has 1 aromatic carbocycles. The summed E-state index contributed by atoms with van der Waals surface area (Å²) in [5.41, 5.74) is 1.59. The van der Waals surface area contributed by atoms with E-state index >= 15 is 0 Å². The number of halogens is 2. The third kappa shape index (κ3) is 2.27. The number of nitrogens with zero attached hydrogens (tertiary/aromatic N) is 3. The Hall–Kier alpha value is -1.95. The van der Waals surface area contributed by atoms with Crippen LogP contribution in [0.15, 0.2) is 42.9 Å². The maximum Gasteiger partial charge on any atom is 0.151 e. The van der Waals surface area contributed by atoms with Gasteiger partial charge in [-0.05, 0) is 30.3 Å². The van der Waals surface area contributed by atoms with Crippen molar-refractivity contribution in [3.8, 4) is 0 Å². The molecule has 0 fully saturated rings. The fraction of sp³-hybridized carbons (Fsp3) is 0. The summed E-state index contributed by atoms with van der Waals surface area (Å²) in [5.74, 6) is 0.692. The molecule has 0 aliphatic heterocycles. The highest BCUT2D eigenvalue weighted by molar-refractivity contribution is 7.25. The fourth-order valence-corrected chi connectivity index (χ4v) is 3.60. The lowest BCUT2D eigenvalue weighted by Crippen LogP contribution is -1.95. The predicted molar refractivity (Wildman–Crippen MR) is 92.5 cm³/mol. The zero-order chi connectivity index (χ0) is 15.1. The van der Waals surface area contributed by atoms with Gasteiger partial charge in [-0.1, -0.05) is 23.2 Å². The SMILES string of the molecule is Clc1ccc(Cl)c(Nc2ncnc3c2sc2ncccc23)c1. The van der Waals surface area contributed by atoms with Crippen LogP contribution in [0.4, 0.5) is 11.5 Å². The van der Waals surface area contributed by atoms with Crippen LogP contribution in [0, 0.1) is 0 Å². The number of hydrogen-bond acceptors (Lipinski definition) is 5. The molecule has 3 heterocycles. The monoisotopic (exact) mass is 346 g/mol. The average Bonchev–Trinajstić information content (AvgIpc) is 2.91. The molecular formula is C15H8Cl2N4S. The van der Waals surface area contributed by atoms with E-state index in [9.17, 15) is 0 Å². The van der Waals surface area contributed by atoms with Crippen LogP contribution in [-0.4, -0.2) is 15.0 Å². The second kappa shape index (κ2) is 5.35. The summed E-state index contributed by atoms with van der Waals surface area (Å²) in [5, 5.41) is 5.44. The molecule has 0 aliphatic rings. The van der Waals surface area contributed by atoms with Crippen LogP contribution in [0.5, 0.6) is 0 Å². The molecule has 0 unspecified atom stereocenters. The van der Waals surface area contributed by atoms with Crippen molar-refractivity contribution in [1.82, 2.24) is 15.0 Å². The highest BCUT2D eigenvalue weighted by atomic mass is 35.5. The zero-order valence-electron chi connectivity index (χ0n) is 11.0. The van der Waals surface area contributed by atoms with Crippen molar-refractivity contribution in [3.05, 3.63) is 52.9 Å². The van der Waals surface area contributed by atoms with Crippen molar-refractivity contribution < 1.29 is 0 Å². The molecule has 0 radical (unpaired) electrons. The lowest BCUT2D eigenvalue weighted by Gasteiger charge is -2.08. The molecule has 4 rings (SSSR count). The number of aromatic nitrogens is 3. The molecule has 4 nitrogen and oxygen atoms in total. The molecule has 0 spiro atoms. The lowest BCUT2D eigenvalue weighted by atomic mass is 10.3. The first-order valence-electron chi connectivity index (χ1n) is 6.43. The Balaban J connectivity index is 1.90. The van der Waals surface area contributed by atoms with Crippen molar-refractivity contribution in [1.29, 1.82) is 0 Å². The average molecular weight is 347 g/mol. The van der Waals surface area contributed by atoms with Gasteiger partial charge < -0.3 is 5.32 Å². The number of hydrogen-bond donors (Lipinski definition) is 1. The minimum Gasteiger partial charge on any atom is -0.338 e. The van der Waals surface area contributed by atoms with Gasteiger partial charge in [-0.15, -0.1) is 11.3 Å².